The maximum Gasteiger partial charge on any atom is 0.0308 e. The van der Waals surface area contributed by atoms with Crippen LogP contribution in [0, 0.1) is 13.8 Å². The Hall–Kier alpha value is 0.180. The molecule has 0 spiro atoms. The van der Waals surface area contributed by atoms with Crippen LogP contribution in [0.15, 0.2) is 18.2 Å². The third-order valence-electron chi connectivity index (χ3n) is 2.42. The number of hydrogen-bond acceptors (Lipinski definition) is 0. The maximum atomic E-state index is 3.69. The lowest BCUT2D eigenvalue weighted by Gasteiger charge is -2.14. The molecule has 0 N–H and O–H groups in total. The van der Waals surface area contributed by atoms with Crippen LogP contribution in [-0.2, 0) is 6.42 Å². The summed E-state index contributed by atoms with van der Waals surface area (Å²) < 4.78 is 0. The molecule has 0 nitrogen and oxygen atoms in total. The zero-order chi connectivity index (χ0) is 10.7. The van der Waals surface area contributed by atoms with Crippen LogP contribution < -0.4 is 0 Å². The first-order valence-corrected chi connectivity index (χ1v) is 6.68. The number of alkyl halides is 2. The highest BCUT2D eigenvalue weighted by molar-refractivity contribution is 9.12. The summed E-state index contributed by atoms with van der Waals surface area (Å²) in [6, 6.07) is 6.64. The van der Waals surface area contributed by atoms with Gasteiger partial charge in [-0.05, 0) is 31.4 Å². The highest BCUT2D eigenvalue weighted by Crippen LogP contribution is 2.21. The van der Waals surface area contributed by atoms with E-state index in [0.717, 1.165) is 6.42 Å². The summed E-state index contributed by atoms with van der Waals surface area (Å²) in [5, 5.41) is 0. The van der Waals surface area contributed by atoms with E-state index in [2.05, 4.69) is 70.8 Å². The Bertz CT molecular complexity index is 305. The largest absolute Gasteiger partial charge is 0.0881 e. The Kier molecular flexibility index (Phi) is 4.65. The quantitative estimate of drug-likeness (QED) is 0.725. The second-order valence-corrected chi connectivity index (χ2v) is 6.45. The molecule has 0 saturated heterocycles. The molecule has 0 aromatic heterocycles. The summed E-state index contributed by atoms with van der Waals surface area (Å²) in [4.78, 5) is 1.01. The highest BCUT2D eigenvalue weighted by atomic mass is 79.9. The Morgan fingerprint density at radius 2 is 1.86 bits per heavy atom. The van der Waals surface area contributed by atoms with Gasteiger partial charge in [0.15, 0.2) is 0 Å². The van der Waals surface area contributed by atoms with E-state index in [1.165, 1.54) is 16.7 Å². The van der Waals surface area contributed by atoms with Gasteiger partial charge in [-0.3, -0.25) is 0 Å². The SMILES string of the molecule is Cc1ccc(C)c(CC(Br)C(C)Br)c1. The molecule has 0 radical (unpaired) electrons. The lowest BCUT2D eigenvalue weighted by atomic mass is 10.0. The minimum absolute atomic E-state index is 0.502. The molecule has 1 aromatic carbocycles. The summed E-state index contributed by atoms with van der Waals surface area (Å²) in [5.41, 5.74) is 4.17. The summed E-state index contributed by atoms with van der Waals surface area (Å²) in [7, 11) is 0. The van der Waals surface area contributed by atoms with Gasteiger partial charge >= 0.3 is 0 Å². The van der Waals surface area contributed by atoms with Gasteiger partial charge < -0.3 is 0 Å². The summed E-state index contributed by atoms with van der Waals surface area (Å²) in [6.45, 7) is 6.49. The average Bonchev–Trinajstić information content (AvgIpc) is 2.11. The van der Waals surface area contributed by atoms with Crippen molar-refractivity contribution in [2.75, 3.05) is 0 Å². The molecule has 0 aliphatic rings. The topological polar surface area (TPSA) is 0 Å². The molecule has 2 unspecified atom stereocenters. The molecular weight excluding hydrogens is 304 g/mol. The fourth-order valence-corrected chi connectivity index (χ4v) is 1.93. The molecule has 2 heteroatoms. The second kappa shape index (κ2) is 5.32. The van der Waals surface area contributed by atoms with Gasteiger partial charge in [-0.25, -0.2) is 0 Å². The van der Waals surface area contributed by atoms with E-state index < -0.39 is 0 Å². The van der Waals surface area contributed by atoms with Gasteiger partial charge in [0, 0.05) is 9.65 Å². The molecule has 0 bridgehead atoms. The highest BCUT2D eigenvalue weighted by Gasteiger charge is 2.12. The number of aryl methyl sites for hydroxylation is 2. The first-order chi connectivity index (χ1) is 6.50. The summed E-state index contributed by atoms with van der Waals surface area (Å²) >= 11 is 7.28. The predicted octanol–water partition coefficient (Wildman–Crippen LogP) is 4.39. The van der Waals surface area contributed by atoms with E-state index in [-0.39, 0.29) is 0 Å². The van der Waals surface area contributed by atoms with Gasteiger partial charge in [0.1, 0.15) is 0 Å². The van der Waals surface area contributed by atoms with Gasteiger partial charge in [0.25, 0.3) is 0 Å². The summed E-state index contributed by atoms with van der Waals surface area (Å²) in [5.74, 6) is 0. The normalized spacial score (nSPS) is 15.2. The van der Waals surface area contributed by atoms with Crippen LogP contribution in [0.1, 0.15) is 23.6 Å². The molecule has 1 rings (SSSR count). The Morgan fingerprint density at radius 3 is 2.43 bits per heavy atom. The Balaban J connectivity index is 2.80. The Labute approximate surface area is 103 Å². The third kappa shape index (κ3) is 3.39. The molecule has 1 aromatic rings. The van der Waals surface area contributed by atoms with Crippen LogP contribution in [-0.4, -0.2) is 9.65 Å². The van der Waals surface area contributed by atoms with Gasteiger partial charge in [0.2, 0.25) is 0 Å². The standard InChI is InChI=1S/C12H16Br2/c1-8-4-5-9(2)11(6-8)7-12(14)10(3)13/h4-6,10,12H,7H2,1-3H3. The van der Waals surface area contributed by atoms with Crippen molar-refractivity contribution in [2.45, 2.75) is 36.8 Å². The molecule has 2 atom stereocenters. The number of benzene rings is 1. The van der Waals surface area contributed by atoms with Gasteiger partial charge in [0.05, 0.1) is 0 Å². The van der Waals surface area contributed by atoms with Crippen molar-refractivity contribution in [3.8, 4) is 0 Å². The smallest absolute Gasteiger partial charge is 0.0308 e. The van der Waals surface area contributed by atoms with Crippen molar-refractivity contribution in [3.05, 3.63) is 34.9 Å². The molecule has 0 amide bonds. The van der Waals surface area contributed by atoms with E-state index in [1.807, 2.05) is 0 Å². The molecule has 0 saturated carbocycles. The van der Waals surface area contributed by atoms with Crippen LogP contribution in [0.4, 0.5) is 0 Å². The molecule has 0 fully saturated rings. The van der Waals surface area contributed by atoms with Crippen molar-refractivity contribution < 1.29 is 0 Å². The summed E-state index contributed by atoms with van der Waals surface area (Å²) in [6.07, 6.45) is 1.08. The molecule has 0 heterocycles. The third-order valence-corrected chi connectivity index (χ3v) is 4.88. The van der Waals surface area contributed by atoms with Crippen LogP contribution >= 0.6 is 31.9 Å². The van der Waals surface area contributed by atoms with E-state index in [4.69, 9.17) is 0 Å². The molecule has 78 valence electrons. The maximum absolute atomic E-state index is 3.69. The molecular formula is C12H16Br2. The first-order valence-electron chi connectivity index (χ1n) is 4.85. The molecule has 0 aliphatic heterocycles. The average molecular weight is 320 g/mol. The van der Waals surface area contributed by atoms with Crippen LogP contribution in [0.2, 0.25) is 0 Å². The van der Waals surface area contributed by atoms with Gasteiger partial charge in [-0.2, -0.15) is 0 Å². The fourth-order valence-electron chi connectivity index (χ4n) is 1.39. The number of halogens is 2. The van der Waals surface area contributed by atoms with Crippen LogP contribution in [0.25, 0.3) is 0 Å². The predicted molar refractivity (Wildman–Crippen MR) is 70.7 cm³/mol. The minimum atomic E-state index is 0.502. The minimum Gasteiger partial charge on any atom is -0.0881 e. The van der Waals surface area contributed by atoms with Gasteiger partial charge in [-0.1, -0.05) is 62.5 Å². The van der Waals surface area contributed by atoms with E-state index >= 15 is 0 Å². The van der Waals surface area contributed by atoms with Crippen molar-refractivity contribution in [3.63, 3.8) is 0 Å². The molecule has 14 heavy (non-hydrogen) atoms. The van der Waals surface area contributed by atoms with Crippen molar-refractivity contribution >= 4 is 31.9 Å². The lowest BCUT2D eigenvalue weighted by Crippen LogP contribution is -2.13. The van der Waals surface area contributed by atoms with E-state index in [9.17, 15) is 0 Å². The number of rotatable bonds is 3. The fraction of sp³-hybridized carbons (Fsp3) is 0.500. The van der Waals surface area contributed by atoms with Gasteiger partial charge in [-0.15, -0.1) is 0 Å². The van der Waals surface area contributed by atoms with Crippen molar-refractivity contribution in [2.24, 2.45) is 0 Å². The van der Waals surface area contributed by atoms with Crippen LogP contribution in [0.5, 0.6) is 0 Å². The van der Waals surface area contributed by atoms with Crippen LogP contribution in [0.3, 0.4) is 0 Å². The zero-order valence-electron chi connectivity index (χ0n) is 8.85. The molecule has 0 aliphatic carbocycles. The monoisotopic (exact) mass is 318 g/mol. The van der Waals surface area contributed by atoms with Crippen molar-refractivity contribution in [1.82, 2.24) is 0 Å². The van der Waals surface area contributed by atoms with Crippen molar-refractivity contribution in [1.29, 1.82) is 0 Å². The first kappa shape index (κ1) is 12.3. The Morgan fingerprint density at radius 1 is 1.21 bits per heavy atom. The second-order valence-electron chi connectivity index (χ2n) is 3.83. The zero-order valence-corrected chi connectivity index (χ0v) is 12.0. The number of hydrogen-bond donors (Lipinski definition) is 0. The lowest BCUT2D eigenvalue weighted by molar-refractivity contribution is 0.851. The van der Waals surface area contributed by atoms with E-state index in [0.29, 0.717) is 9.65 Å². The van der Waals surface area contributed by atoms with E-state index in [1.54, 1.807) is 0 Å².